The van der Waals surface area contributed by atoms with Crippen LogP contribution in [0, 0.1) is 5.82 Å². The van der Waals surface area contributed by atoms with Crippen LogP contribution in [-0.4, -0.2) is 9.55 Å². The van der Waals surface area contributed by atoms with Crippen LogP contribution in [0.1, 0.15) is 0 Å². The molecule has 0 unspecified atom stereocenters. The van der Waals surface area contributed by atoms with Crippen LogP contribution in [0.2, 0.25) is 0 Å². The first-order chi connectivity index (χ1) is 14.1. The number of rotatable bonds is 2. The van der Waals surface area contributed by atoms with Crippen molar-refractivity contribution in [3.05, 3.63) is 105 Å². The van der Waals surface area contributed by atoms with Crippen molar-refractivity contribution in [1.29, 1.82) is 0 Å². The van der Waals surface area contributed by atoms with Crippen molar-refractivity contribution in [2.24, 2.45) is 0 Å². The normalized spacial score (nSPS) is 11.2. The van der Waals surface area contributed by atoms with E-state index >= 15 is 0 Å². The molecule has 6 heteroatoms. The fourth-order valence-corrected chi connectivity index (χ4v) is 4.43. The summed E-state index contributed by atoms with van der Waals surface area (Å²) >= 11 is 1.25. The predicted molar refractivity (Wildman–Crippen MR) is 114 cm³/mol. The van der Waals surface area contributed by atoms with Crippen LogP contribution < -0.4 is 11.0 Å². The molecule has 5 aromatic rings. The van der Waals surface area contributed by atoms with E-state index in [9.17, 15) is 14.0 Å². The monoisotopic (exact) mass is 400 g/mol. The van der Waals surface area contributed by atoms with Crippen LogP contribution in [0.15, 0.2) is 88.5 Å². The zero-order valence-electron chi connectivity index (χ0n) is 15.0. The molecule has 0 amide bonds. The van der Waals surface area contributed by atoms with E-state index in [0.717, 1.165) is 4.70 Å². The Balaban J connectivity index is 2.01. The van der Waals surface area contributed by atoms with Gasteiger partial charge >= 0.3 is 0 Å². The largest absolute Gasteiger partial charge is 0.288 e. The summed E-state index contributed by atoms with van der Waals surface area (Å²) in [5.74, 6) is -0.325. The Morgan fingerprint density at radius 1 is 0.828 bits per heavy atom. The van der Waals surface area contributed by atoms with Crippen molar-refractivity contribution < 1.29 is 4.39 Å². The Hall–Kier alpha value is -3.64. The fraction of sp³-hybridized carbons (Fsp3) is 0. The molecule has 5 rings (SSSR count). The lowest BCUT2D eigenvalue weighted by molar-refractivity contribution is 0.629. The molecule has 2 heterocycles. The second-order valence-electron chi connectivity index (χ2n) is 6.50. The molecule has 0 saturated heterocycles. The molecule has 29 heavy (non-hydrogen) atoms. The number of para-hydroxylation sites is 1. The average Bonchev–Trinajstić information content (AvgIpc) is 2.74. The van der Waals surface area contributed by atoms with Crippen LogP contribution in [0.5, 0.6) is 0 Å². The summed E-state index contributed by atoms with van der Waals surface area (Å²) in [5.41, 5.74) is -0.158. The van der Waals surface area contributed by atoms with Crippen LogP contribution in [0.4, 0.5) is 4.39 Å². The van der Waals surface area contributed by atoms with Crippen LogP contribution in [-0.2, 0) is 0 Å². The molecule has 0 N–H and O–H groups in total. The quantitative estimate of drug-likeness (QED) is 0.401. The smallest absolute Gasteiger partial charge is 0.271 e. The van der Waals surface area contributed by atoms with Gasteiger partial charge in [0, 0.05) is 10.1 Å². The average molecular weight is 400 g/mol. The number of hydrogen-bond acceptors (Lipinski definition) is 4. The van der Waals surface area contributed by atoms with E-state index in [0.29, 0.717) is 15.9 Å². The first-order valence-corrected chi connectivity index (χ1v) is 9.76. The van der Waals surface area contributed by atoms with Crippen LogP contribution in [0.25, 0.3) is 37.4 Å². The fourth-order valence-electron chi connectivity index (χ4n) is 3.39. The van der Waals surface area contributed by atoms with Crippen molar-refractivity contribution >= 4 is 31.6 Å². The lowest BCUT2D eigenvalue weighted by atomic mass is 10.1. The van der Waals surface area contributed by atoms with Gasteiger partial charge < -0.3 is 0 Å². The van der Waals surface area contributed by atoms with E-state index in [1.165, 1.54) is 22.0 Å². The SMILES string of the molecule is O=c1c2ccccc2sc2nc(-c3ccccc3F)n(-c3ccccc3)c(=O)c12. The van der Waals surface area contributed by atoms with Crippen molar-refractivity contribution in [2.45, 2.75) is 0 Å². The van der Waals surface area contributed by atoms with Gasteiger partial charge in [0.25, 0.3) is 5.56 Å². The van der Waals surface area contributed by atoms with Gasteiger partial charge in [0.1, 0.15) is 16.0 Å². The molecule has 0 aliphatic rings. The van der Waals surface area contributed by atoms with Gasteiger partial charge in [0.05, 0.1) is 11.3 Å². The predicted octanol–water partition coefficient (Wildman–Crippen LogP) is 4.77. The van der Waals surface area contributed by atoms with Gasteiger partial charge in [-0.2, -0.15) is 0 Å². The topological polar surface area (TPSA) is 52.0 Å². The van der Waals surface area contributed by atoms with Gasteiger partial charge in [-0.1, -0.05) is 42.5 Å². The van der Waals surface area contributed by atoms with Crippen molar-refractivity contribution in [3.63, 3.8) is 0 Å². The second kappa shape index (κ2) is 6.76. The highest BCUT2D eigenvalue weighted by molar-refractivity contribution is 7.24. The summed E-state index contributed by atoms with van der Waals surface area (Å²) in [6.45, 7) is 0. The molecule has 0 aliphatic heterocycles. The highest BCUT2D eigenvalue weighted by Gasteiger charge is 2.20. The molecule has 4 nitrogen and oxygen atoms in total. The molecule has 0 spiro atoms. The van der Waals surface area contributed by atoms with Crippen LogP contribution >= 0.6 is 11.3 Å². The van der Waals surface area contributed by atoms with Crippen molar-refractivity contribution in [2.75, 3.05) is 0 Å². The minimum Gasteiger partial charge on any atom is -0.288 e. The number of fused-ring (bicyclic) bond motifs is 2. The highest BCUT2D eigenvalue weighted by Crippen LogP contribution is 2.27. The van der Waals surface area contributed by atoms with Gasteiger partial charge in [-0.05, 0) is 36.4 Å². The summed E-state index contributed by atoms with van der Waals surface area (Å²) in [7, 11) is 0. The first-order valence-electron chi connectivity index (χ1n) is 8.94. The summed E-state index contributed by atoms with van der Waals surface area (Å²) < 4.78 is 16.7. The van der Waals surface area contributed by atoms with E-state index in [2.05, 4.69) is 4.98 Å². The molecule has 0 fully saturated rings. The number of aromatic nitrogens is 2. The van der Waals surface area contributed by atoms with Crippen molar-refractivity contribution in [3.8, 4) is 17.1 Å². The maximum atomic E-state index is 14.6. The Bertz CT molecular complexity index is 1510. The molecule has 140 valence electrons. The van der Waals surface area contributed by atoms with E-state index in [-0.39, 0.29) is 22.2 Å². The zero-order valence-corrected chi connectivity index (χ0v) is 15.8. The lowest BCUT2D eigenvalue weighted by Gasteiger charge is -2.14. The van der Waals surface area contributed by atoms with Gasteiger partial charge in [0.2, 0.25) is 5.43 Å². The maximum Gasteiger partial charge on any atom is 0.271 e. The van der Waals surface area contributed by atoms with E-state index in [4.69, 9.17) is 0 Å². The Morgan fingerprint density at radius 3 is 2.31 bits per heavy atom. The van der Waals surface area contributed by atoms with E-state index < -0.39 is 11.4 Å². The summed E-state index contributed by atoms with van der Waals surface area (Å²) in [6.07, 6.45) is 0. The second-order valence-corrected chi connectivity index (χ2v) is 7.53. The summed E-state index contributed by atoms with van der Waals surface area (Å²) in [6, 6.07) is 22.1. The van der Waals surface area contributed by atoms with Gasteiger partial charge in [-0.25, -0.2) is 9.37 Å². The van der Waals surface area contributed by atoms with E-state index in [1.54, 1.807) is 54.6 Å². The van der Waals surface area contributed by atoms with Crippen LogP contribution in [0.3, 0.4) is 0 Å². The van der Waals surface area contributed by atoms with Crippen molar-refractivity contribution in [1.82, 2.24) is 9.55 Å². The number of nitrogens with zero attached hydrogens (tertiary/aromatic N) is 2. The van der Waals surface area contributed by atoms with Gasteiger partial charge in [-0.3, -0.25) is 14.2 Å². The minimum atomic E-state index is -0.508. The molecular formula is C23H13FN2O2S. The minimum absolute atomic E-state index is 0.0117. The molecule has 2 aromatic heterocycles. The molecule has 0 aliphatic carbocycles. The van der Waals surface area contributed by atoms with Gasteiger partial charge in [-0.15, -0.1) is 11.3 Å². The zero-order chi connectivity index (χ0) is 20.0. The summed E-state index contributed by atoms with van der Waals surface area (Å²) in [5, 5.41) is 0.486. The van der Waals surface area contributed by atoms with Gasteiger partial charge in [0.15, 0.2) is 5.82 Å². The Kier molecular flexibility index (Phi) is 4.07. The van der Waals surface area contributed by atoms with E-state index in [1.807, 2.05) is 18.2 Å². The Morgan fingerprint density at radius 2 is 1.52 bits per heavy atom. The molecule has 0 saturated carbocycles. The third-order valence-corrected chi connectivity index (χ3v) is 5.81. The number of hydrogen-bond donors (Lipinski definition) is 0. The molecule has 0 radical (unpaired) electrons. The number of halogens is 1. The highest BCUT2D eigenvalue weighted by atomic mass is 32.1. The lowest BCUT2D eigenvalue weighted by Crippen LogP contribution is -2.26. The first kappa shape index (κ1) is 17.5. The Labute approximate surface area is 168 Å². The summed E-state index contributed by atoms with van der Waals surface area (Å²) in [4.78, 5) is 31.5. The standard InChI is InChI=1S/C23H13FN2O2S/c24-17-12-6-4-10-15(17)21-25-22-19(20(27)16-11-5-7-13-18(16)29-22)23(28)26(21)14-8-2-1-3-9-14/h1-13H. The molecule has 3 aromatic carbocycles. The molecule has 0 bridgehead atoms. The third kappa shape index (κ3) is 2.77. The number of benzene rings is 3. The third-order valence-electron chi connectivity index (χ3n) is 4.74. The molecular weight excluding hydrogens is 387 g/mol. The molecule has 0 atom stereocenters. The maximum absolute atomic E-state index is 14.6.